The zero-order chi connectivity index (χ0) is 12.7. The van der Waals surface area contributed by atoms with Crippen molar-refractivity contribution < 1.29 is 37.0 Å². The summed E-state index contributed by atoms with van der Waals surface area (Å²) in [6, 6.07) is 0. The summed E-state index contributed by atoms with van der Waals surface area (Å²) in [7, 11) is -6.23. The molecule has 2 saturated heterocycles. The first-order valence-corrected chi connectivity index (χ1v) is 15.6. The van der Waals surface area contributed by atoms with Crippen molar-refractivity contribution in [2.45, 2.75) is 0 Å². The molecule has 2 aliphatic rings. The zero-order valence-corrected chi connectivity index (χ0v) is 22.8. The molecule has 0 aliphatic carbocycles. The maximum Gasteiger partial charge on any atom is 0.286 e. The fraction of sp³-hybridized carbons (Fsp3) is 0. The maximum absolute atomic E-state index is 5.17. The third kappa shape index (κ3) is 12.6. The van der Waals surface area contributed by atoms with Crippen molar-refractivity contribution >= 4 is 90.1 Å². The van der Waals surface area contributed by atoms with E-state index in [1.54, 1.807) is 0 Å². The first kappa shape index (κ1) is 17.6. The molecule has 0 radical (unpaired) electrons. The van der Waals surface area contributed by atoms with Crippen molar-refractivity contribution in [1.82, 2.24) is 0 Å². The standard InChI is InChI=1S/H10O5Si5.H8O4Si4/c1-6-2-8-4-10-5-9-3-7-1;1-5-2-7-4-8-3-6-1/h6-10H2;5-8H2. The molecule has 18 heteroatoms. The minimum atomic E-state index is -0.724. The molecule has 9 nitrogen and oxygen atoms in total. The van der Waals surface area contributed by atoms with E-state index in [9.17, 15) is 0 Å². The normalized spacial score (nSPS) is 36.0. The van der Waals surface area contributed by atoms with Crippen LogP contribution in [0.3, 0.4) is 0 Å². The second-order valence-electron chi connectivity index (χ2n) is 2.90. The topological polar surface area (TPSA) is 83.1 Å². The van der Waals surface area contributed by atoms with Crippen LogP contribution in [0.2, 0.25) is 0 Å². The lowest BCUT2D eigenvalue weighted by Crippen LogP contribution is -2.23. The Bertz CT molecular complexity index is 111. The van der Waals surface area contributed by atoms with Gasteiger partial charge in [0.15, 0.2) is 0 Å². The van der Waals surface area contributed by atoms with Crippen LogP contribution >= 0.6 is 0 Å². The van der Waals surface area contributed by atoms with E-state index >= 15 is 0 Å². The lowest BCUT2D eigenvalue weighted by Gasteiger charge is -2.10. The molecule has 2 heterocycles. The van der Waals surface area contributed by atoms with Gasteiger partial charge in [-0.2, -0.15) is 0 Å². The van der Waals surface area contributed by atoms with Gasteiger partial charge in [-0.15, -0.1) is 0 Å². The molecular weight excluding hydrogens is 397 g/mol. The van der Waals surface area contributed by atoms with Crippen molar-refractivity contribution in [1.29, 1.82) is 0 Å². The highest BCUT2D eigenvalue weighted by atomic mass is 28.4. The predicted molar refractivity (Wildman–Crippen MR) is 86.7 cm³/mol. The Morgan fingerprint density at radius 3 is 0.444 bits per heavy atom. The highest BCUT2D eigenvalue weighted by Crippen LogP contribution is 1.80. The molecule has 2 aliphatic heterocycles. The minimum Gasteiger partial charge on any atom is -0.425 e. The molecule has 0 bridgehead atoms. The Kier molecular flexibility index (Phi) is 14.7. The van der Waals surface area contributed by atoms with Crippen molar-refractivity contribution in [3.8, 4) is 0 Å². The van der Waals surface area contributed by atoms with Crippen LogP contribution in [-0.2, 0) is 37.0 Å². The van der Waals surface area contributed by atoms with Crippen LogP contribution in [0, 0.1) is 0 Å². The van der Waals surface area contributed by atoms with Gasteiger partial charge in [-0.05, 0) is 0 Å². The average molecular weight is 415 g/mol. The summed E-state index contributed by atoms with van der Waals surface area (Å²) in [6.45, 7) is 0. The van der Waals surface area contributed by atoms with Crippen LogP contribution in [0.4, 0.5) is 0 Å². The fourth-order valence-electron chi connectivity index (χ4n) is 0.837. The van der Waals surface area contributed by atoms with E-state index in [1.165, 1.54) is 0 Å². The van der Waals surface area contributed by atoms with E-state index in [0.29, 0.717) is 0 Å². The summed E-state index contributed by atoms with van der Waals surface area (Å²) in [5.41, 5.74) is 0. The molecule has 0 amide bonds. The average Bonchev–Trinajstić information content (AvgIpc) is 2.36. The summed E-state index contributed by atoms with van der Waals surface area (Å²) in [4.78, 5) is 0. The van der Waals surface area contributed by atoms with Crippen LogP contribution in [0.5, 0.6) is 0 Å². The van der Waals surface area contributed by atoms with Gasteiger partial charge in [-0.1, -0.05) is 0 Å². The number of hydrogen-bond donors (Lipinski definition) is 0. The monoisotopic (exact) mass is 414 g/mol. The first-order chi connectivity index (χ1) is 9.00. The SMILES string of the molecule is O1[SiH2]O[SiH2]O[SiH2]O[SiH2]1.O1[SiH2]O[SiH2]O[SiH2]O[SiH2]O[SiH2]1. The van der Waals surface area contributed by atoms with Gasteiger partial charge in [0.05, 0.1) is 0 Å². The molecule has 2 fully saturated rings. The van der Waals surface area contributed by atoms with Gasteiger partial charge in [0, 0.05) is 0 Å². The van der Waals surface area contributed by atoms with E-state index in [2.05, 4.69) is 0 Å². The number of rotatable bonds is 0. The Balaban J connectivity index is 0.000000184. The van der Waals surface area contributed by atoms with Gasteiger partial charge < -0.3 is 37.0 Å². The molecule has 0 aromatic heterocycles. The molecule has 0 spiro atoms. The third-order valence-corrected chi connectivity index (χ3v) is 13.5. The predicted octanol–water partition coefficient (Wildman–Crippen LogP) is -8.86. The quantitative estimate of drug-likeness (QED) is 0.359. The van der Waals surface area contributed by atoms with Crippen molar-refractivity contribution in [3.05, 3.63) is 0 Å². The lowest BCUT2D eigenvalue weighted by molar-refractivity contribution is 0.346. The molecular formula is H18O9Si9. The molecule has 0 atom stereocenters. The Morgan fingerprint density at radius 1 is 0.222 bits per heavy atom. The van der Waals surface area contributed by atoms with E-state index in [0.717, 1.165) is 0 Å². The zero-order valence-electron chi connectivity index (χ0n) is 10.0. The maximum atomic E-state index is 5.17. The van der Waals surface area contributed by atoms with E-state index in [1.807, 2.05) is 0 Å². The summed E-state index contributed by atoms with van der Waals surface area (Å²) in [6.07, 6.45) is 0. The second-order valence-corrected chi connectivity index (χ2v) is 19.7. The number of hydrogen-bond acceptors (Lipinski definition) is 9. The summed E-state index contributed by atoms with van der Waals surface area (Å²) in [5, 5.41) is 0. The lowest BCUT2D eigenvalue weighted by atomic mass is 15.7. The van der Waals surface area contributed by atoms with Crippen molar-refractivity contribution in [2.75, 3.05) is 0 Å². The minimum absolute atomic E-state index is 0.653. The van der Waals surface area contributed by atoms with Gasteiger partial charge in [0.25, 0.3) is 90.1 Å². The fourth-order valence-corrected chi connectivity index (χ4v) is 17.1. The first-order valence-electron chi connectivity index (χ1n) is 5.20. The highest BCUT2D eigenvalue weighted by Gasteiger charge is 1.98. The Morgan fingerprint density at radius 2 is 0.333 bits per heavy atom. The van der Waals surface area contributed by atoms with E-state index < -0.39 is 90.1 Å². The molecule has 18 heavy (non-hydrogen) atoms. The van der Waals surface area contributed by atoms with Gasteiger partial charge in [-0.3, -0.25) is 0 Å². The van der Waals surface area contributed by atoms with Crippen molar-refractivity contribution in [2.24, 2.45) is 0 Å². The van der Waals surface area contributed by atoms with Crippen LogP contribution in [0.25, 0.3) is 0 Å². The van der Waals surface area contributed by atoms with E-state index in [-0.39, 0.29) is 0 Å². The highest BCUT2D eigenvalue weighted by molar-refractivity contribution is 6.51. The van der Waals surface area contributed by atoms with Gasteiger partial charge in [0.1, 0.15) is 0 Å². The second kappa shape index (κ2) is 15.0. The van der Waals surface area contributed by atoms with Crippen LogP contribution < -0.4 is 0 Å². The van der Waals surface area contributed by atoms with Crippen molar-refractivity contribution in [3.63, 3.8) is 0 Å². The summed E-state index contributed by atoms with van der Waals surface area (Å²) < 4.78 is 46.2. The Hall–Kier alpha value is 1.59. The van der Waals surface area contributed by atoms with Crippen LogP contribution in [0.15, 0.2) is 0 Å². The summed E-state index contributed by atoms with van der Waals surface area (Å²) in [5.74, 6) is 0. The smallest absolute Gasteiger partial charge is 0.286 e. The molecule has 2 rings (SSSR count). The molecule has 0 aromatic carbocycles. The molecule has 0 aromatic rings. The molecule has 108 valence electrons. The molecule has 0 saturated carbocycles. The molecule has 0 unspecified atom stereocenters. The van der Waals surface area contributed by atoms with Gasteiger partial charge in [0.2, 0.25) is 0 Å². The van der Waals surface area contributed by atoms with Gasteiger partial charge >= 0.3 is 0 Å². The van der Waals surface area contributed by atoms with Crippen LogP contribution in [-0.4, -0.2) is 90.1 Å². The van der Waals surface area contributed by atoms with E-state index in [4.69, 9.17) is 37.0 Å². The summed E-state index contributed by atoms with van der Waals surface area (Å²) >= 11 is 0. The largest absolute Gasteiger partial charge is 0.425 e. The van der Waals surface area contributed by atoms with Gasteiger partial charge in [-0.25, -0.2) is 0 Å². The van der Waals surface area contributed by atoms with Crippen LogP contribution in [0.1, 0.15) is 0 Å². The third-order valence-electron chi connectivity index (χ3n) is 1.50. The Labute approximate surface area is 127 Å². The molecule has 0 N–H and O–H groups in total.